The normalized spacial score (nSPS) is 20.7. The zero-order chi connectivity index (χ0) is 15.7. The number of piperidine rings is 1. The number of halogens is 1. The standard InChI is InChI=1S/C16H21ClN2O2S/c1-10(13-4-5-14(17)22-13)18-15(20)11-6-8-19(9-7-11)16(21)12-2-3-12/h4-5,10-12H,2-3,6-9H2,1H3,(H,18,20). The molecule has 2 fully saturated rings. The summed E-state index contributed by atoms with van der Waals surface area (Å²) in [6.45, 7) is 3.41. The Bertz CT molecular complexity index is 562. The van der Waals surface area contributed by atoms with Gasteiger partial charge in [-0.15, -0.1) is 11.3 Å². The fourth-order valence-corrected chi connectivity index (χ4v) is 3.98. The van der Waals surface area contributed by atoms with Gasteiger partial charge in [-0.1, -0.05) is 11.6 Å². The van der Waals surface area contributed by atoms with Crippen molar-refractivity contribution in [2.75, 3.05) is 13.1 Å². The van der Waals surface area contributed by atoms with E-state index in [-0.39, 0.29) is 23.8 Å². The second-order valence-corrected chi connectivity index (χ2v) is 7.99. The number of carbonyl (C=O) groups is 2. The van der Waals surface area contributed by atoms with Crippen LogP contribution in [0.4, 0.5) is 0 Å². The number of hydrogen-bond acceptors (Lipinski definition) is 3. The fraction of sp³-hybridized carbons (Fsp3) is 0.625. The van der Waals surface area contributed by atoms with Crippen molar-refractivity contribution < 1.29 is 9.59 Å². The van der Waals surface area contributed by atoms with E-state index in [1.807, 2.05) is 24.0 Å². The monoisotopic (exact) mass is 340 g/mol. The molecule has 1 unspecified atom stereocenters. The molecule has 0 aromatic carbocycles. The van der Waals surface area contributed by atoms with Crippen molar-refractivity contribution in [2.45, 2.75) is 38.6 Å². The third-order valence-corrected chi connectivity index (χ3v) is 5.90. The first-order valence-electron chi connectivity index (χ1n) is 7.89. The summed E-state index contributed by atoms with van der Waals surface area (Å²) in [7, 11) is 0. The predicted molar refractivity (Wildman–Crippen MR) is 87.9 cm³/mol. The Morgan fingerprint density at radius 2 is 1.91 bits per heavy atom. The zero-order valence-electron chi connectivity index (χ0n) is 12.7. The highest BCUT2D eigenvalue weighted by molar-refractivity contribution is 7.16. The number of likely N-dealkylation sites (tertiary alicyclic amines) is 1. The van der Waals surface area contributed by atoms with Crippen LogP contribution in [-0.2, 0) is 9.59 Å². The van der Waals surface area contributed by atoms with Crippen LogP contribution >= 0.6 is 22.9 Å². The lowest BCUT2D eigenvalue weighted by Crippen LogP contribution is -2.43. The zero-order valence-corrected chi connectivity index (χ0v) is 14.3. The van der Waals surface area contributed by atoms with Crippen molar-refractivity contribution in [3.8, 4) is 0 Å². The van der Waals surface area contributed by atoms with E-state index in [1.54, 1.807) is 0 Å². The van der Waals surface area contributed by atoms with E-state index in [0.29, 0.717) is 19.0 Å². The molecule has 1 N–H and O–H groups in total. The highest BCUT2D eigenvalue weighted by Crippen LogP contribution is 2.32. The van der Waals surface area contributed by atoms with E-state index in [4.69, 9.17) is 11.6 Å². The van der Waals surface area contributed by atoms with Gasteiger partial charge in [-0.3, -0.25) is 9.59 Å². The van der Waals surface area contributed by atoms with E-state index < -0.39 is 0 Å². The number of nitrogens with one attached hydrogen (secondary N) is 1. The van der Waals surface area contributed by atoms with E-state index in [1.165, 1.54) is 11.3 Å². The van der Waals surface area contributed by atoms with E-state index >= 15 is 0 Å². The van der Waals surface area contributed by atoms with E-state index in [9.17, 15) is 9.59 Å². The fourth-order valence-electron chi connectivity index (χ4n) is 2.91. The lowest BCUT2D eigenvalue weighted by atomic mass is 9.95. The van der Waals surface area contributed by atoms with Crippen molar-refractivity contribution in [3.63, 3.8) is 0 Å². The molecular weight excluding hydrogens is 320 g/mol. The van der Waals surface area contributed by atoms with Gasteiger partial charge in [0.1, 0.15) is 0 Å². The van der Waals surface area contributed by atoms with Gasteiger partial charge in [-0.05, 0) is 44.7 Å². The molecular formula is C16H21ClN2O2S. The maximum absolute atomic E-state index is 12.4. The van der Waals surface area contributed by atoms with Gasteiger partial charge >= 0.3 is 0 Å². The van der Waals surface area contributed by atoms with Gasteiger partial charge in [0, 0.05) is 29.8 Å². The summed E-state index contributed by atoms with van der Waals surface area (Å²) in [4.78, 5) is 27.4. The largest absolute Gasteiger partial charge is 0.349 e. The summed E-state index contributed by atoms with van der Waals surface area (Å²) in [5, 5.41) is 3.07. The molecule has 1 saturated carbocycles. The maximum Gasteiger partial charge on any atom is 0.225 e. The van der Waals surface area contributed by atoms with E-state index in [0.717, 1.165) is 34.9 Å². The minimum Gasteiger partial charge on any atom is -0.349 e. The molecule has 0 bridgehead atoms. The molecule has 4 nitrogen and oxygen atoms in total. The Morgan fingerprint density at radius 3 is 2.45 bits per heavy atom. The van der Waals surface area contributed by atoms with E-state index in [2.05, 4.69) is 5.32 Å². The van der Waals surface area contributed by atoms with Gasteiger partial charge in [0.05, 0.1) is 10.4 Å². The number of hydrogen-bond donors (Lipinski definition) is 1. The van der Waals surface area contributed by atoms with Crippen molar-refractivity contribution in [1.29, 1.82) is 0 Å². The molecule has 2 heterocycles. The summed E-state index contributed by atoms with van der Waals surface area (Å²) in [5.74, 6) is 0.672. The van der Waals surface area contributed by atoms with Gasteiger partial charge in [-0.25, -0.2) is 0 Å². The molecule has 1 aromatic rings. The van der Waals surface area contributed by atoms with Crippen LogP contribution in [0, 0.1) is 11.8 Å². The van der Waals surface area contributed by atoms with Crippen LogP contribution in [0.1, 0.15) is 43.5 Å². The molecule has 2 aliphatic rings. The molecule has 1 saturated heterocycles. The highest BCUT2D eigenvalue weighted by Gasteiger charge is 2.36. The Balaban J connectivity index is 1.48. The first-order chi connectivity index (χ1) is 10.5. The van der Waals surface area contributed by atoms with Gasteiger partial charge in [-0.2, -0.15) is 0 Å². The first kappa shape index (κ1) is 15.8. The average Bonchev–Trinajstić information content (AvgIpc) is 3.28. The van der Waals surface area contributed by atoms with Crippen molar-refractivity contribution >= 4 is 34.8 Å². The predicted octanol–water partition coefficient (Wildman–Crippen LogP) is 3.23. The molecule has 3 rings (SSSR count). The lowest BCUT2D eigenvalue weighted by molar-refractivity contribution is -0.136. The van der Waals surface area contributed by atoms with Crippen LogP contribution in [-0.4, -0.2) is 29.8 Å². The van der Waals surface area contributed by atoms with Gasteiger partial charge in [0.2, 0.25) is 11.8 Å². The SMILES string of the molecule is CC(NC(=O)C1CCN(C(=O)C2CC2)CC1)c1ccc(Cl)s1. The number of nitrogens with zero attached hydrogens (tertiary/aromatic N) is 1. The third kappa shape index (κ3) is 3.63. The summed E-state index contributed by atoms with van der Waals surface area (Å²) in [5.41, 5.74) is 0. The topological polar surface area (TPSA) is 49.4 Å². The van der Waals surface area contributed by atoms with Crippen molar-refractivity contribution in [1.82, 2.24) is 10.2 Å². The molecule has 6 heteroatoms. The number of rotatable bonds is 4. The molecule has 1 atom stereocenters. The third-order valence-electron chi connectivity index (χ3n) is 4.48. The van der Waals surface area contributed by atoms with Crippen LogP contribution in [0.5, 0.6) is 0 Å². The summed E-state index contributed by atoms with van der Waals surface area (Å²) in [6.07, 6.45) is 3.62. The van der Waals surface area contributed by atoms with Gasteiger partial charge < -0.3 is 10.2 Å². The average molecular weight is 341 g/mol. The summed E-state index contributed by atoms with van der Waals surface area (Å²) < 4.78 is 0.739. The molecule has 1 aromatic heterocycles. The quantitative estimate of drug-likeness (QED) is 0.914. The lowest BCUT2D eigenvalue weighted by Gasteiger charge is -2.32. The highest BCUT2D eigenvalue weighted by atomic mass is 35.5. The first-order valence-corrected chi connectivity index (χ1v) is 9.08. The van der Waals surface area contributed by atoms with Gasteiger partial charge in [0.15, 0.2) is 0 Å². The van der Waals surface area contributed by atoms with Crippen molar-refractivity contribution in [3.05, 3.63) is 21.3 Å². The smallest absolute Gasteiger partial charge is 0.225 e. The Morgan fingerprint density at radius 1 is 1.23 bits per heavy atom. The minimum absolute atomic E-state index is 0.0149. The van der Waals surface area contributed by atoms with Crippen molar-refractivity contribution in [2.24, 2.45) is 11.8 Å². The molecule has 1 aliphatic heterocycles. The summed E-state index contributed by atoms with van der Waals surface area (Å²) in [6, 6.07) is 3.79. The molecule has 22 heavy (non-hydrogen) atoms. The molecule has 2 amide bonds. The molecule has 0 radical (unpaired) electrons. The van der Waals surface area contributed by atoms with Crippen LogP contribution in [0.3, 0.4) is 0 Å². The van der Waals surface area contributed by atoms with Crippen LogP contribution in [0.25, 0.3) is 0 Å². The minimum atomic E-state index is -0.0175. The van der Waals surface area contributed by atoms with Crippen LogP contribution in [0.2, 0.25) is 4.34 Å². The van der Waals surface area contributed by atoms with Crippen LogP contribution in [0.15, 0.2) is 12.1 Å². The Kier molecular flexibility index (Phi) is 4.73. The maximum atomic E-state index is 12.4. The Labute approximate surface area is 139 Å². The second kappa shape index (κ2) is 6.59. The number of thiophene rings is 1. The molecule has 1 aliphatic carbocycles. The molecule has 0 spiro atoms. The second-order valence-electron chi connectivity index (χ2n) is 6.25. The van der Waals surface area contributed by atoms with Crippen LogP contribution < -0.4 is 5.32 Å². The number of carbonyl (C=O) groups excluding carboxylic acids is 2. The number of amides is 2. The van der Waals surface area contributed by atoms with Gasteiger partial charge in [0.25, 0.3) is 0 Å². The Hall–Kier alpha value is -1.07. The summed E-state index contributed by atoms with van der Waals surface area (Å²) >= 11 is 7.43. The molecule has 120 valence electrons.